The predicted molar refractivity (Wildman–Crippen MR) is 70.4 cm³/mol. The first-order chi connectivity index (χ1) is 9.74. The minimum atomic E-state index is -0.502. The second-order valence-corrected chi connectivity index (χ2v) is 4.00. The van der Waals surface area contributed by atoms with Gasteiger partial charge in [0.1, 0.15) is 0 Å². The summed E-state index contributed by atoms with van der Waals surface area (Å²) < 4.78 is 15.1. The molecule has 20 heavy (non-hydrogen) atoms. The van der Waals surface area contributed by atoms with Gasteiger partial charge in [-0.15, -0.1) is 0 Å². The number of benzene rings is 1. The van der Waals surface area contributed by atoms with Crippen LogP contribution in [-0.4, -0.2) is 26.4 Å². The van der Waals surface area contributed by atoms with Gasteiger partial charge in [-0.05, 0) is 29.6 Å². The average Bonchev–Trinajstić information content (AvgIpc) is 2.94. The Kier molecular flexibility index (Phi) is 4.47. The van der Waals surface area contributed by atoms with E-state index in [9.17, 15) is 4.79 Å². The van der Waals surface area contributed by atoms with Crippen LogP contribution in [-0.2, 0) is 16.0 Å². The lowest BCUT2D eigenvalue weighted by Gasteiger charge is -2.03. The van der Waals surface area contributed by atoms with Crippen LogP contribution < -0.4 is 9.47 Å². The highest BCUT2D eigenvalue weighted by Crippen LogP contribution is 2.32. The minimum Gasteiger partial charge on any atom is -0.466 e. The Morgan fingerprint density at radius 3 is 3.05 bits per heavy atom. The molecule has 0 aliphatic carbocycles. The Balaban J connectivity index is 2.12. The summed E-state index contributed by atoms with van der Waals surface area (Å²) >= 11 is 0. The number of carbonyl (C=O) groups is 1. The highest BCUT2D eigenvalue weighted by atomic mass is 16.7. The first-order valence-corrected chi connectivity index (χ1v) is 5.91. The molecule has 0 radical (unpaired) electrons. The molecule has 0 atom stereocenters. The molecule has 1 heterocycles. The van der Waals surface area contributed by atoms with Gasteiger partial charge in [0.25, 0.3) is 0 Å². The lowest BCUT2D eigenvalue weighted by Crippen LogP contribution is -2.07. The van der Waals surface area contributed by atoms with E-state index in [-0.39, 0.29) is 13.3 Å². The monoisotopic (exact) mass is 275 g/mol. The number of azide groups is 1. The largest absolute Gasteiger partial charge is 0.466 e. The van der Waals surface area contributed by atoms with E-state index in [1.807, 2.05) is 18.2 Å². The van der Waals surface area contributed by atoms with Crippen molar-refractivity contribution >= 4 is 5.97 Å². The van der Waals surface area contributed by atoms with Crippen LogP contribution in [0.2, 0.25) is 0 Å². The first kappa shape index (κ1) is 13.8. The summed E-state index contributed by atoms with van der Waals surface area (Å²) in [6.45, 7) is 0.187. The molecule has 0 fully saturated rings. The van der Waals surface area contributed by atoms with Gasteiger partial charge >= 0.3 is 5.97 Å². The number of nitrogens with zero attached hydrogens (tertiary/aromatic N) is 3. The maximum absolute atomic E-state index is 11.5. The zero-order valence-corrected chi connectivity index (χ0v) is 10.9. The van der Waals surface area contributed by atoms with Crippen LogP contribution >= 0.6 is 0 Å². The van der Waals surface area contributed by atoms with Crippen LogP contribution in [0.1, 0.15) is 5.56 Å². The van der Waals surface area contributed by atoms with Crippen LogP contribution in [0.5, 0.6) is 11.5 Å². The number of ether oxygens (including phenoxy) is 3. The number of hydrogen-bond acceptors (Lipinski definition) is 5. The van der Waals surface area contributed by atoms with Crippen molar-refractivity contribution in [3.05, 3.63) is 45.9 Å². The molecule has 0 amide bonds. The lowest BCUT2D eigenvalue weighted by atomic mass is 10.1. The van der Waals surface area contributed by atoms with Crippen molar-refractivity contribution < 1.29 is 19.0 Å². The summed E-state index contributed by atoms with van der Waals surface area (Å²) in [5, 5.41) is 3.38. The Hall–Kier alpha value is -2.66. The molecule has 7 heteroatoms. The maximum Gasteiger partial charge on any atom is 0.333 e. The van der Waals surface area contributed by atoms with Crippen molar-refractivity contribution in [2.75, 3.05) is 20.4 Å². The van der Waals surface area contributed by atoms with Crippen molar-refractivity contribution in [3.63, 3.8) is 0 Å². The fourth-order valence-electron chi connectivity index (χ4n) is 1.76. The number of carbonyl (C=O) groups excluding carboxylic acids is 1. The van der Waals surface area contributed by atoms with Crippen molar-refractivity contribution in [1.82, 2.24) is 0 Å². The summed E-state index contributed by atoms with van der Waals surface area (Å²) in [6, 6.07) is 5.55. The summed E-state index contributed by atoms with van der Waals surface area (Å²) in [6.07, 6.45) is 2.18. The summed E-state index contributed by atoms with van der Waals surface area (Å²) in [5.74, 6) is 0.892. The van der Waals surface area contributed by atoms with Crippen molar-refractivity contribution in [2.24, 2.45) is 5.11 Å². The molecule has 0 saturated carbocycles. The number of hydrogen-bond donors (Lipinski definition) is 0. The van der Waals surface area contributed by atoms with E-state index in [0.29, 0.717) is 23.5 Å². The van der Waals surface area contributed by atoms with Gasteiger partial charge in [-0.1, -0.05) is 17.3 Å². The third-order valence-electron chi connectivity index (χ3n) is 2.77. The molecular formula is C13H13N3O4. The number of fused-ring (bicyclic) bond motifs is 1. The smallest absolute Gasteiger partial charge is 0.333 e. The van der Waals surface area contributed by atoms with Crippen molar-refractivity contribution in [2.45, 2.75) is 6.42 Å². The molecule has 1 aliphatic heterocycles. The lowest BCUT2D eigenvalue weighted by molar-refractivity contribution is -0.136. The molecule has 0 unspecified atom stereocenters. The molecule has 2 rings (SSSR count). The van der Waals surface area contributed by atoms with E-state index in [1.165, 1.54) is 7.11 Å². The van der Waals surface area contributed by atoms with Gasteiger partial charge in [-0.3, -0.25) is 0 Å². The molecule has 0 spiro atoms. The number of methoxy groups -OCH3 is 1. The summed E-state index contributed by atoms with van der Waals surface area (Å²) in [5.41, 5.74) is 9.59. The van der Waals surface area contributed by atoms with Gasteiger partial charge in [0.15, 0.2) is 11.5 Å². The molecule has 0 aromatic heterocycles. The molecule has 1 aromatic carbocycles. The SMILES string of the molecule is COC(=O)/C(=C/Cc1ccc2c(c1)OCO2)CN=[N+]=[N-]. The van der Waals surface area contributed by atoms with Crippen LogP contribution in [0.4, 0.5) is 0 Å². The van der Waals surface area contributed by atoms with E-state index in [2.05, 4.69) is 14.8 Å². The van der Waals surface area contributed by atoms with Gasteiger partial charge in [-0.2, -0.15) is 0 Å². The highest BCUT2D eigenvalue weighted by molar-refractivity contribution is 5.88. The third kappa shape index (κ3) is 3.21. The topological polar surface area (TPSA) is 93.5 Å². The predicted octanol–water partition coefficient (Wildman–Crippen LogP) is 2.37. The minimum absolute atomic E-state index is 0.0340. The van der Waals surface area contributed by atoms with E-state index in [1.54, 1.807) is 6.08 Å². The van der Waals surface area contributed by atoms with Crippen LogP contribution in [0, 0.1) is 0 Å². The van der Waals surface area contributed by atoms with E-state index < -0.39 is 5.97 Å². The van der Waals surface area contributed by atoms with Crippen molar-refractivity contribution in [1.29, 1.82) is 0 Å². The molecule has 0 saturated heterocycles. The highest BCUT2D eigenvalue weighted by Gasteiger charge is 2.13. The van der Waals surface area contributed by atoms with Gasteiger partial charge < -0.3 is 14.2 Å². The summed E-state index contributed by atoms with van der Waals surface area (Å²) in [7, 11) is 1.28. The first-order valence-electron chi connectivity index (χ1n) is 5.91. The Labute approximate surface area is 115 Å². The Bertz CT molecular complexity index is 591. The van der Waals surface area contributed by atoms with Gasteiger partial charge in [0, 0.05) is 10.5 Å². The van der Waals surface area contributed by atoms with Crippen LogP contribution in [0.3, 0.4) is 0 Å². The molecule has 1 aliphatic rings. The van der Waals surface area contributed by atoms with E-state index in [0.717, 1.165) is 5.56 Å². The van der Waals surface area contributed by atoms with Gasteiger partial charge in [-0.25, -0.2) is 4.79 Å². The number of allylic oxidation sites excluding steroid dienone is 1. The fraction of sp³-hybridized carbons (Fsp3) is 0.308. The van der Waals surface area contributed by atoms with Gasteiger partial charge in [0.05, 0.1) is 13.7 Å². The molecule has 0 bridgehead atoms. The number of rotatable bonds is 5. The van der Waals surface area contributed by atoms with E-state index >= 15 is 0 Å². The second-order valence-electron chi connectivity index (χ2n) is 4.00. The van der Waals surface area contributed by atoms with Crippen LogP contribution in [0.15, 0.2) is 35.0 Å². The second kappa shape index (κ2) is 6.49. The van der Waals surface area contributed by atoms with Crippen molar-refractivity contribution in [3.8, 4) is 11.5 Å². The summed E-state index contributed by atoms with van der Waals surface area (Å²) in [4.78, 5) is 14.1. The van der Waals surface area contributed by atoms with Crippen LogP contribution in [0.25, 0.3) is 10.4 Å². The molecular weight excluding hydrogens is 262 g/mol. The fourth-order valence-corrected chi connectivity index (χ4v) is 1.76. The maximum atomic E-state index is 11.5. The Morgan fingerprint density at radius 2 is 2.30 bits per heavy atom. The molecule has 1 aromatic rings. The molecule has 7 nitrogen and oxygen atoms in total. The number of esters is 1. The molecule has 104 valence electrons. The Morgan fingerprint density at radius 1 is 1.50 bits per heavy atom. The third-order valence-corrected chi connectivity index (χ3v) is 2.77. The standard InChI is InChI=1S/C13H13N3O4/c1-18-13(17)10(7-15-16-14)4-2-9-3-5-11-12(6-9)20-8-19-11/h3-6H,2,7-8H2,1H3/b10-4+. The van der Waals surface area contributed by atoms with E-state index in [4.69, 9.17) is 15.0 Å². The zero-order valence-electron chi connectivity index (χ0n) is 10.9. The quantitative estimate of drug-likeness (QED) is 0.271. The zero-order chi connectivity index (χ0) is 14.4. The van der Waals surface area contributed by atoms with Gasteiger partial charge in [0.2, 0.25) is 6.79 Å². The molecule has 0 N–H and O–H groups in total. The average molecular weight is 275 g/mol. The normalized spacial score (nSPS) is 12.8.